The molecule has 0 aliphatic carbocycles. The minimum absolute atomic E-state index is 0.00839. The van der Waals surface area contributed by atoms with Gasteiger partial charge >= 0.3 is 5.97 Å². The Morgan fingerprint density at radius 3 is 2.53 bits per heavy atom. The third-order valence-electron chi connectivity index (χ3n) is 2.41. The number of carboxylic acid groups (broad SMARTS) is 1. The van der Waals surface area contributed by atoms with Crippen molar-refractivity contribution in [2.24, 2.45) is 0 Å². The highest BCUT2D eigenvalue weighted by Crippen LogP contribution is 2.15. The molecule has 3 nitrogen and oxygen atoms in total. The molecule has 0 saturated heterocycles. The molecule has 1 rings (SSSR count). The summed E-state index contributed by atoms with van der Waals surface area (Å²) < 4.78 is 0. The van der Waals surface area contributed by atoms with Crippen LogP contribution in [-0.4, -0.2) is 24.2 Å². The zero-order valence-corrected chi connectivity index (χ0v) is 10.2. The lowest BCUT2D eigenvalue weighted by Crippen LogP contribution is -2.30. The number of nitrogens with zero attached hydrogens (tertiary/aromatic N) is 1. The van der Waals surface area contributed by atoms with Crippen LogP contribution in [0.3, 0.4) is 0 Å². The average Bonchev–Trinajstić information content (AvgIpc) is 2.28. The number of carbonyl (C=O) groups is 1. The fraction of sp³-hybridized carbons (Fsp3) is 0.357. The molecule has 0 aliphatic rings. The zero-order chi connectivity index (χ0) is 12.7. The molecule has 0 saturated carbocycles. The quantitative estimate of drug-likeness (QED) is 0.790. The fourth-order valence-corrected chi connectivity index (χ4v) is 1.53. The summed E-state index contributed by atoms with van der Waals surface area (Å²) in [5.41, 5.74) is 2.09. The molecule has 0 heterocycles. The van der Waals surface area contributed by atoms with Gasteiger partial charge in [0, 0.05) is 18.7 Å². The summed E-state index contributed by atoms with van der Waals surface area (Å²) in [7, 11) is 0. The van der Waals surface area contributed by atoms with E-state index in [-0.39, 0.29) is 6.54 Å². The molecule has 0 radical (unpaired) electrons. The first-order chi connectivity index (χ1) is 8.13. The Hall–Kier alpha value is -1.95. The van der Waals surface area contributed by atoms with Gasteiger partial charge in [-0.15, -0.1) is 11.8 Å². The third kappa shape index (κ3) is 4.60. The second-order valence-corrected chi connectivity index (χ2v) is 3.83. The lowest BCUT2D eigenvalue weighted by molar-refractivity contribution is -0.135. The molecule has 1 aromatic rings. The molecule has 0 bridgehead atoms. The summed E-state index contributed by atoms with van der Waals surface area (Å²) in [4.78, 5) is 12.6. The second-order valence-electron chi connectivity index (χ2n) is 3.83. The molecule has 0 aromatic heterocycles. The van der Waals surface area contributed by atoms with E-state index in [0.717, 1.165) is 11.3 Å². The number of rotatable bonds is 5. The van der Waals surface area contributed by atoms with Crippen LogP contribution in [0, 0.1) is 18.8 Å². The second kappa shape index (κ2) is 6.59. The highest BCUT2D eigenvalue weighted by molar-refractivity contribution is 5.73. The number of hydrogen-bond donors (Lipinski definition) is 1. The first kappa shape index (κ1) is 13.1. The van der Waals surface area contributed by atoms with Crippen LogP contribution in [0.4, 0.5) is 5.69 Å². The number of carboxylic acids is 1. The van der Waals surface area contributed by atoms with Crippen LogP contribution in [0.25, 0.3) is 0 Å². The molecule has 0 spiro atoms. The van der Waals surface area contributed by atoms with Crippen molar-refractivity contribution >= 4 is 11.7 Å². The van der Waals surface area contributed by atoms with Crippen LogP contribution in [-0.2, 0) is 4.79 Å². The molecule has 3 heteroatoms. The summed E-state index contributed by atoms with van der Waals surface area (Å²) in [6.07, 6.45) is 0.678. The molecule has 0 amide bonds. The van der Waals surface area contributed by atoms with Crippen molar-refractivity contribution in [3.8, 4) is 11.8 Å². The smallest absolute Gasteiger partial charge is 0.323 e. The van der Waals surface area contributed by atoms with Gasteiger partial charge in [0.1, 0.15) is 6.54 Å². The number of benzene rings is 1. The van der Waals surface area contributed by atoms with Gasteiger partial charge in [-0.3, -0.25) is 4.79 Å². The summed E-state index contributed by atoms with van der Waals surface area (Å²) >= 11 is 0. The van der Waals surface area contributed by atoms with E-state index < -0.39 is 5.97 Å². The molecule has 0 unspecified atom stereocenters. The van der Waals surface area contributed by atoms with Crippen molar-refractivity contribution in [2.45, 2.75) is 20.3 Å². The van der Waals surface area contributed by atoms with E-state index in [4.69, 9.17) is 5.11 Å². The van der Waals surface area contributed by atoms with Crippen molar-refractivity contribution in [1.82, 2.24) is 0 Å². The average molecular weight is 231 g/mol. The van der Waals surface area contributed by atoms with Gasteiger partial charge in [-0.2, -0.15) is 0 Å². The van der Waals surface area contributed by atoms with E-state index in [1.807, 2.05) is 36.1 Å². The normalized spacial score (nSPS) is 9.29. The molecule has 0 atom stereocenters. The van der Waals surface area contributed by atoms with Gasteiger partial charge in [0.05, 0.1) is 0 Å². The maximum absolute atomic E-state index is 10.8. The monoisotopic (exact) mass is 231 g/mol. The Labute approximate surface area is 102 Å². The van der Waals surface area contributed by atoms with E-state index in [2.05, 4.69) is 11.8 Å². The minimum Gasteiger partial charge on any atom is -0.480 e. The summed E-state index contributed by atoms with van der Waals surface area (Å²) in [6, 6.07) is 7.85. The van der Waals surface area contributed by atoms with Crippen LogP contribution in [0.2, 0.25) is 0 Å². The third-order valence-corrected chi connectivity index (χ3v) is 2.41. The van der Waals surface area contributed by atoms with Crippen molar-refractivity contribution in [3.63, 3.8) is 0 Å². The van der Waals surface area contributed by atoms with E-state index in [1.165, 1.54) is 0 Å². The molecule has 90 valence electrons. The van der Waals surface area contributed by atoms with E-state index in [0.29, 0.717) is 13.0 Å². The number of aliphatic carboxylic acids is 1. The maximum atomic E-state index is 10.8. The molecule has 1 N–H and O–H groups in total. The molecule has 0 fully saturated rings. The van der Waals surface area contributed by atoms with Crippen LogP contribution in [0.5, 0.6) is 0 Å². The zero-order valence-electron chi connectivity index (χ0n) is 10.2. The predicted octanol–water partition coefficient (Wildman–Crippen LogP) is 2.30. The van der Waals surface area contributed by atoms with Crippen LogP contribution >= 0.6 is 0 Å². The van der Waals surface area contributed by atoms with E-state index in [1.54, 1.807) is 6.92 Å². The number of anilines is 1. The van der Waals surface area contributed by atoms with E-state index >= 15 is 0 Å². The van der Waals surface area contributed by atoms with Crippen molar-refractivity contribution < 1.29 is 9.90 Å². The Kier molecular flexibility index (Phi) is 5.09. The Balaban J connectivity index is 2.76. The van der Waals surface area contributed by atoms with E-state index in [9.17, 15) is 4.79 Å². The predicted molar refractivity (Wildman–Crippen MR) is 69.1 cm³/mol. The van der Waals surface area contributed by atoms with Gasteiger partial charge in [-0.1, -0.05) is 17.7 Å². The van der Waals surface area contributed by atoms with Crippen LogP contribution < -0.4 is 4.90 Å². The highest BCUT2D eigenvalue weighted by atomic mass is 16.4. The Bertz CT molecular complexity index is 426. The Morgan fingerprint density at radius 2 is 2.00 bits per heavy atom. The topological polar surface area (TPSA) is 40.5 Å². The molecular formula is C14H17NO2. The number of hydrogen-bond acceptors (Lipinski definition) is 2. The van der Waals surface area contributed by atoms with Gasteiger partial charge in [-0.05, 0) is 26.0 Å². The van der Waals surface area contributed by atoms with Crippen molar-refractivity contribution in [1.29, 1.82) is 0 Å². The van der Waals surface area contributed by atoms with Gasteiger partial charge < -0.3 is 10.0 Å². The lowest BCUT2D eigenvalue weighted by Gasteiger charge is -2.21. The summed E-state index contributed by atoms with van der Waals surface area (Å²) in [5, 5.41) is 8.88. The minimum atomic E-state index is -0.824. The summed E-state index contributed by atoms with van der Waals surface area (Å²) in [6.45, 7) is 4.44. The van der Waals surface area contributed by atoms with Gasteiger partial charge in [-0.25, -0.2) is 0 Å². The number of aryl methyl sites for hydroxylation is 1. The molecular weight excluding hydrogens is 214 g/mol. The Morgan fingerprint density at radius 1 is 1.35 bits per heavy atom. The van der Waals surface area contributed by atoms with Crippen molar-refractivity contribution in [2.75, 3.05) is 18.0 Å². The van der Waals surface area contributed by atoms with Crippen LogP contribution in [0.15, 0.2) is 24.3 Å². The lowest BCUT2D eigenvalue weighted by atomic mass is 10.2. The van der Waals surface area contributed by atoms with Gasteiger partial charge in [0.25, 0.3) is 0 Å². The summed E-state index contributed by atoms with van der Waals surface area (Å²) in [5.74, 6) is 4.94. The SMILES string of the molecule is CC#CCCN(CC(=O)O)c1ccc(C)cc1. The largest absolute Gasteiger partial charge is 0.480 e. The van der Waals surface area contributed by atoms with Gasteiger partial charge in [0.2, 0.25) is 0 Å². The fourth-order valence-electron chi connectivity index (χ4n) is 1.53. The highest BCUT2D eigenvalue weighted by Gasteiger charge is 2.09. The standard InChI is InChI=1S/C14H17NO2/c1-3-4-5-10-15(11-14(16)17)13-8-6-12(2)7-9-13/h6-9H,5,10-11H2,1-2H3,(H,16,17). The first-order valence-electron chi connectivity index (χ1n) is 5.56. The van der Waals surface area contributed by atoms with Crippen molar-refractivity contribution in [3.05, 3.63) is 29.8 Å². The van der Waals surface area contributed by atoms with Crippen LogP contribution in [0.1, 0.15) is 18.9 Å². The first-order valence-corrected chi connectivity index (χ1v) is 5.56. The molecule has 0 aliphatic heterocycles. The molecule has 1 aromatic carbocycles. The molecule has 17 heavy (non-hydrogen) atoms. The van der Waals surface area contributed by atoms with Gasteiger partial charge in [0.15, 0.2) is 0 Å². The maximum Gasteiger partial charge on any atom is 0.323 e.